The monoisotopic (exact) mass is 284 g/mol. The van der Waals surface area contributed by atoms with Gasteiger partial charge in [0.2, 0.25) is 5.91 Å². The summed E-state index contributed by atoms with van der Waals surface area (Å²) in [4.78, 5) is 11.9. The van der Waals surface area contributed by atoms with Gasteiger partial charge in [0.05, 0.1) is 6.10 Å². The van der Waals surface area contributed by atoms with Crippen LogP contribution in [-0.2, 0) is 9.53 Å². The maximum Gasteiger partial charge on any atom is 0.250 e. The van der Waals surface area contributed by atoms with Gasteiger partial charge in [-0.15, -0.1) is 0 Å². The predicted molar refractivity (Wildman–Crippen MR) is 85.0 cm³/mol. The molecule has 0 saturated heterocycles. The second-order valence-electron chi connectivity index (χ2n) is 4.98. The van der Waals surface area contributed by atoms with E-state index in [2.05, 4.69) is 5.32 Å². The number of nitrogens with one attached hydrogen (secondary N) is 1. The van der Waals surface area contributed by atoms with Gasteiger partial charge >= 0.3 is 0 Å². The molecule has 0 radical (unpaired) electrons. The van der Waals surface area contributed by atoms with Crippen LogP contribution in [0.3, 0.4) is 0 Å². The largest absolute Gasteiger partial charge is 0.398 e. The van der Waals surface area contributed by atoms with Crippen molar-refractivity contribution in [2.45, 2.75) is 20.0 Å². The molecule has 2 aromatic carbocycles. The van der Waals surface area contributed by atoms with E-state index in [-0.39, 0.29) is 18.6 Å². The van der Waals surface area contributed by atoms with Crippen LogP contribution in [0, 0.1) is 6.92 Å². The van der Waals surface area contributed by atoms with Crippen molar-refractivity contribution < 1.29 is 9.53 Å². The molecule has 1 unspecified atom stereocenters. The molecule has 0 saturated carbocycles. The standard InChI is InChI=1S/C17H20N2O2/c1-12-8-9-15(10-16(12)18)19-17(20)11-21-13(2)14-6-4-3-5-7-14/h3-10,13H,11,18H2,1-2H3,(H,19,20). The second kappa shape index (κ2) is 6.90. The molecule has 2 rings (SSSR count). The molecule has 110 valence electrons. The Balaban J connectivity index is 1.86. The topological polar surface area (TPSA) is 64.3 Å². The van der Waals surface area contributed by atoms with Gasteiger partial charge in [-0.3, -0.25) is 4.79 Å². The van der Waals surface area contributed by atoms with Crippen LogP contribution in [0.1, 0.15) is 24.2 Å². The molecule has 4 heteroatoms. The molecular weight excluding hydrogens is 264 g/mol. The Hall–Kier alpha value is -2.33. The van der Waals surface area contributed by atoms with Crippen LogP contribution in [0.4, 0.5) is 11.4 Å². The van der Waals surface area contributed by atoms with E-state index >= 15 is 0 Å². The third kappa shape index (κ3) is 4.33. The van der Waals surface area contributed by atoms with E-state index in [1.54, 1.807) is 6.07 Å². The SMILES string of the molecule is Cc1ccc(NC(=O)COC(C)c2ccccc2)cc1N. The van der Waals surface area contributed by atoms with Gasteiger partial charge in [0.1, 0.15) is 6.61 Å². The summed E-state index contributed by atoms with van der Waals surface area (Å²) >= 11 is 0. The lowest BCUT2D eigenvalue weighted by molar-refractivity contribution is -0.122. The van der Waals surface area contributed by atoms with E-state index in [9.17, 15) is 4.79 Å². The highest BCUT2D eigenvalue weighted by atomic mass is 16.5. The van der Waals surface area contributed by atoms with Crippen LogP contribution in [-0.4, -0.2) is 12.5 Å². The van der Waals surface area contributed by atoms with E-state index < -0.39 is 0 Å². The van der Waals surface area contributed by atoms with Crippen LogP contribution in [0.5, 0.6) is 0 Å². The Labute approximate surface area is 124 Å². The summed E-state index contributed by atoms with van der Waals surface area (Å²) in [6.07, 6.45) is -0.125. The molecule has 0 spiro atoms. The van der Waals surface area contributed by atoms with Crippen molar-refractivity contribution >= 4 is 17.3 Å². The van der Waals surface area contributed by atoms with Crippen molar-refractivity contribution in [2.75, 3.05) is 17.7 Å². The molecule has 21 heavy (non-hydrogen) atoms. The Morgan fingerprint density at radius 3 is 2.62 bits per heavy atom. The molecule has 0 aromatic heterocycles. The number of carbonyl (C=O) groups excluding carboxylic acids is 1. The Bertz CT molecular complexity index is 611. The highest BCUT2D eigenvalue weighted by Crippen LogP contribution is 2.18. The number of carbonyl (C=O) groups is 1. The molecule has 0 aliphatic heterocycles. The lowest BCUT2D eigenvalue weighted by Gasteiger charge is -2.13. The van der Waals surface area contributed by atoms with Crippen molar-refractivity contribution in [3.05, 3.63) is 59.7 Å². The fourth-order valence-corrected chi connectivity index (χ4v) is 1.94. The number of hydrogen-bond donors (Lipinski definition) is 2. The number of hydrogen-bond acceptors (Lipinski definition) is 3. The summed E-state index contributed by atoms with van der Waals surface area (Å²) in [6.45, 7) is 3.85. The molecule has 3 N–H and O–H groups in total. The Morgan fingerprint density at radius 2 is 1.95 bits per heavy atom. The van der Waals surface area contributed by atoms with Crippen molar-refractivity contribution in [3.8, 4) is 0 Å². The molecule has 0 aliphatic carbocycles. The van der Waals surface area contributed by atoms with Gasteiger partial charge in [-0.25, -0.2) is 0 Å². The summed E-state index contributed by atoms with van der Waals surface area (Å²) in [7, 11) is 0. The van der Waals surface area contributed by atoms with Gasteiger partial charge < -0.3 is 15.8 Å². The van der Waals surface area contributed by atoms with Crippen LogP contribution < -0.4 is 11.1 Å². The number of ether oxygens (including phenoxy) is 1. The van der Waals surface area contributed by atoms with E-state index in [0.717, 1.165) is 11.1 Å². The molecule has 2 aromatic rings. The highest BCUT2D eigenvalue weighted by Gasteiger charge is 2.09. The Kier molecular flexibility index (Phi) is 4.95. The minimum atomic E-state index is -0.193. The van der Waals surface area contributed by atoms with Gasteiger partial charge in [0.15, 0.2) is 0 Å². The fourth-order valence-electron chi connectivity index (χ4n) is 1.94. The predicted octanol–water partition coefficient (Wildman–Crippen LogP) is 3.29. The third-order valence-corrected chi connectivity index (χ3v) is 3.30. The summed E-state index contributed by atoms with van der Waals surface area (Å²) < 4.78 is 5.57. The second-order valence-corrected chi connectivity index (χ2v) is 4.98. The quantitative estimate of drug-likeness (QED) is 0.828. The van der Waals surface area contributed by atoms with E-state index in [1.807, 2.05) is 56.3 Å². The van der Waals surface area contributed by atoms with Gasteiger partial charge in [-0.2, -0.15) is 0 Å². The number of benzene rings is 2. The number of amides is 1. The summed E-state index contributed by atoms with van der Waals surface area (Å²) in [5, 5.41) is 2.77. The Morgan fingerprint density at radius 1 is 1.24 bits per heavy atom. The maximum absolute atomic E-state index is 11.9. The van der Waals surface area contributed by atoms with Crippen LogP contribution in [0.25, 0.3) is 0 Å². The first-order valence-corrected chi connectivity index (χ1v) is 6.89. The van der Waals surface area contributed by atoms with Crippen LogP contribution in [0.2, 0.25) is 0 Å². The zero-order valence-corrected chi connectivity index (χ0v) is 12.3. The third-order valence-electron chi connectivity index (χ3n) is 3.30. The summed E-state index contributed by atoms with van der Waals surface area (Å²) in [5.41, 5.74) is 9.18. The number of anilines is 2. The van der Waals surface area contributed by atoms with E-state index in [0.29, 0.717) is 11.4 Å². The van der Waals surface area contributed by atoms with Crippen molar-refractivity contribution in [1.82, 2.24) is 0 Å². The minimum Gasteiger partial charge on any atom is -0.398 e. The maximum atomic E-state index is 11.9. The van der Waals surface area contributed by atoms with Gasteiger partial charge in [0.25, 0.3) is 0 Å². The lowest BCUT2D eigenvalue weighted by atomic mass is 10.1. The van der Waals surface area contributed by atoms with Crippen molar-refractivity contribution in [1.29, 1.82) is 0 Å². The molecule has 1 amide bonds. The van der Waals surface area contributed by atoms with Crippen molar-refractivity contribution in [3.63, 3.8) is 0 Å². The molecule has 1 atom stereocenters. The smallest absolute Gasteiger partial charge is 0.250 e. The first kappa shape index (κ1) is 15.1. The highest BCUT2D eigenvalue weighted by molar-refractivity contribution is 5.92. The van der Waals surface area contributed by atoms with Crippen LogP contribution in [0.15, 0.2) is 48.5 Å². The van der Waals surface area contributed by atoms with E-state index in [1.165, 1.54) is 0 Å². The number of nitrogens with two attached hydrogens (primary N) is 1. The average Bonchev–Trinajstić information content (AvgIpc) is 2.49. The summed E-state index contributed by atoms with van der Waals surface area (Å²) in [5.74, 6) is -0.193. The zero-order valence-electron chi connectivity index (χ0n) is 12.3. The first-order valence-electron chi connectivity index (χ1n) is 6.89. The summed E-state index contributed by atoms with van der Waals surface area (Å²) in [6, 6.07) is 15.2. The first-order chi connectivity index (χ1) is 10.1. The molecule has 0 fully saturated rings. The van der Waals surface area contributed by atoms with Crippen LogP contribution >= 0.6 is 0 Å². The molecule has 0 bridgehead atoms. The average molecular weight is 284 g/mol. The zero-order chi connectivity index (χ0) is 15.2. The van der Waals surface area contributed by atoms with E-state index in [4.69, 9.17) is 10.5 Å². The lowest BCUT2D eigenvalue weighted by Crippen LogP contribution is -2.19. The normalized spacial score (nSPS) is 11.9. The number of nitrogen functional groups attached to an aromatic ring is 1. The van der Waals surface area contributed by atoms with Gasteiger partial charge in [-0.1, -0.05) is 36.4 Å². The number of aryl methyl sites for hydroxylation is 1. The minimum absolute atomic E-state index is 0.00381. The molecule has 0 aliphatic rings. The van der Waals surface area contributed by atoms with Gasteiger partial charge in [0, 0.05) is 11.4 Å². The molecule has 4 nitrogen and oxygen atoms in total. The number of rotatable bonds is 5. The molecular formula is C17H20N2O2. The van der Waals surface area contributed by atoms with Crippen molar-refractivity contribution in [2.24, 2.45) is 0 Å². The van der Waals surface area contributed by atoms with Gasteiger partial charge in [-0.05, 0) is 37.1 Å². The fraction of sp³-hybridized carbons (Fsp3) is 0.235. The molecule has 0 heterocycles.